The highest BCUT2D eigenvalue weighted by Crippen LogP contribution is 2.29. The number of piperidine rings is 1. The van der Waals surface area contributed by atoms with Gasteiger partial charge in [0.2, 0.25) is 5.91 Å². The van der Waals surface area contributed by atoms with E-state index in [1.807, 2.05) is 17.9 Å². The van der Waals surface area contributed by atoms with E-state index in [0.717, 1.165) is 52.8 Å². The zero-order chi connectivity index (χ0) is 23.4. The molecule has 6 heteroatoms. The quantitative estimate of drug-likeness (QED) is 0.572. The summed E-state index contributed by atoms with van der Waals surface area (Å²) in [5, 5.41) is 11.3. The third kappa shape index (κ3) is 5.50. The zero-order valence-electron chi connectivity index (χ0n) is 19.4. The van der Waals surface area contributed by atoms with Crippen molar-refractivity contribution in [1.82, 2.24) is 9.88 Å². The molecule has 4 rings (SSSR count). The molecule has 3 aromatic rings. The van der Waals surface area contributed by atoms with Gasteiger partial charge in [0.15, 0.2) is 0 Å². The van der Waals surface area contributed by atoms with Crippen molar-refractivity contribution in [2.24, 2.45) is 0 Å². The van der Waals surface area contributed by atoms with Crippen LogP contribution in [0.1, 0.15) is 42.9 Å². The molecule has 1 amide bonds. The zero-order valence-corrected chi connectivity index (χ0v) is 19.4. The highest BCUT2D eigenvalue weighted by molar-refractivity contribution is 5.85. The molecule has 1 aliphatic heterocycles. The number of aromatic nitrogens is 1. The van der Waals surface area contributed by atoms with Crippen LogP contribution in [0.3, 0.4) is 0 Å². The minimum Gasteiger partial charge on any atom is -0.391 e. The van der Waals surface area contributed by atoms with E-state index >= 15 is 0 Å². The van der Waals surface area contributed by atoms with E-state index in [1.165, 1.54) is 12.1 Å². The first-order valence-electron chi connectivity index (χ1n) is 11.8. The molecule has 0 spiro atoms. The predicted molar refractivity (Wildman–Crippen MR) is 130 cm³/mol. The van der Waals surface area contributed by atoms with Crippen molar-refractivity contribution in [2.45, 2.75) is 52.2 Å². The third-order valence-corrected chi connectivity index (χ3v) is 6.40. The minimum atomic E-state index is -0.368. The molecular formula is C27H32FN3O2. The summed E-state index contributed by atoms with van der Waals surface area (Å²) in [4.78, 5) is 21.9. The van der Waals surface area contributed by atoms with E-state index in [9.17, 15) is 14.3 Å². The van der Waals surface area contributed by atoms with Gasteiger partial charge in [0, 0.05) is 43.5 Å². The number of pyridine rings is 1. The number of fused-ring (bicyclic) bond motifs is 1. The maximum Gasteiger partial charge on any atom is 0.222 e. The SMILES string of the molecule is CCC(=O)N(CCc1ccc(F)cc1)Cc1cc2cccc(C)c2nc1N1CCC[C@@H](O)C1. The second-order valence-corrected chi connectivity index (χ2v) is 8.91. The summed E-state index contributed by atoms with van der Waals surface area (Å²) < 4.78 is 13.3. The molecule has 2 heterocycles. The number of hydrogen-bond donors (Lipinski definition) is 1. The molecule has 5 nitrogen and oxygen atoms in total. The number of β-amino-alcohol motifs (C(OH)–C–C–N with tert-alkyl or cyclic N) is 1. The van der Waals surface area contributed by atoms with Crippen LogP contribution < -0.4 is 4.90 Å². The van der Waals surface area contributed by atoms with Crippen LogP contribution in [0.25, 0.3) is 10.9 Å². The van der Waals surface area contributed by atoms with Gasteiger partial charge in [-0.1, -0.05) is 37.3 Å². The van der Waals surface area contributed by atoms with Gasteiger partial charge in [-0.05, 0) is 55.5 Å². The molecule has 1 atom stereocenters. The first-order chi connectivity index (χ1) is 15.9. The topological polar surface area (TPSA) is 56.7 Å². The van der Waals surface area contributed by atoms with Crippen LogP contribution in [0.2, 0.25) is 0 Å². The Bertz CT molecular complexity index is 1120. The number of carbonyl (C=O) groups excluding carboxylic acids is 1. The van der Waals surface area contributed by atoms with Crippen molar-refractivity contribution in [3.8, 4) is 0 Å². The first kappa shape index (κ1) is 23.2. The van der Waals surface area contributed by atoms with Crippen LogP contribution in [-0.4, -0.2) is 46.6 Å². The molecule has 1 saturated heterocycles. The predicted octanol–water partition coefficient (Wildman–Crippen LogP) is 4.62. The van der Waals surface area contributed by atoms with Crippen molar-refractivity contribution in [3.05, 3.63) is 71.0 Å². The lowest BCUT2D eigenvalue weighted by Gasteiger charge is -2.33. The van der Waals surface area contributed by atoms with Crippen molar-refractivity contribution >= 4 is 22.6 Å². The lowest BCUT2D eigenvalue weighted by atomic mass is 10.0. The standard InChI is InChI=1S/C27H32FN3O2/c1-3-25(33)30(15-13-20-9-11-23(28)12-10-20)17-22-16-21-7-4-6-19(2)26(21)29-27(22)31-14-5-8-24(32)18-31/h4,6-7,9-12,16,24,32H,3,5,8,13-15,17-18H2,1-2H3/t24-/m1/s1. The summed E-state index contributed by atoms with van der Waals surface area (Å²) in [6, 6.07) is 14.7. The largest absolute Gasteiger partial charge is 0.391 e. The molecule has 0 radical (unpaired) electrons. The van der Waals surface area contributed by atoms with Crippen LogP contribution in [-0.2, 0) is 17.8 Å². The Morgan fingerprint density at radius 2 is 2.03 bits per heavy atom. The normalized spacial score (nSPS) is 16.2. The monoisotopic (exact) mass is 449 g/mol. The lowest BCUT2D eigenvalue weighted by Crippen LogP contribution is -2.40. The average Bonchev–Trinajstić information content (AvgIpc) is 2.82. The fourth-order valence-corrected chi connectivity index (χ4v) is 4.55. The van der Waals surface area contributed by atoms with Crippen molar-refractivity contribution < 1.29 is 14.3 Å². The molecule has 2 aromatic carbocycles. The summed E-state index contributed by atoms with van der Waals surface area (Å²) in [5.74, 6) is 0.670. The van der Waals surface area contributed by atoms with E-state index in [1.54, 1.807) is 12.1 Å². The molecule has 0 aliphatic carbocycles. The van der Waals surface area contributed by atoms with Gasteiger partial charge in [-0.25, -0.2) is 9.37 Å². The van der Waals surface area contributed by atoms with Gasteiger partial charge in [0.05, 0.1) is 11.6 Å². The minimum absolute atomic E-state index is 0.0751. The second-order valence-electron chi connectivity index (χ2n) is 8.91. The van der Waals surface area contributed by atoms with Gasteiger partial charge in [-0.2, -0.15) is 0 Å². The number of hydrogen-bond acceptors (Lipinski definition) is 4. The molecule has 174 valence electrons. The maximum atomic E-state index is 13.3. The van der Waals surface area contributed by atoms with Gasteiger partial charge in [-0.15, -0.1) is 0 Å². The molecule has 0 bridgehead atoms. The van der Waals surface area contributed by atoms with E-state index < -0.39 is 0 Å². The molecule has 0 unspecified atom stereocenters. The van der Waals surface area contributed by atoms with E-state index in [2.05, 4.69) is 30.0 Å². The number of benzene rings is 2. The second kappa shape index (κ2) is 10.3. The summed E-state index contributed by atoms with van der Waals surface area (Å²) in [6.45, 7) is 6.32. The maximum absolute atomic E-state index is 13.3. The number of amides is 1. The van der Waals surface area contributed by atoms with Crippen LogP contribution in [0.15, 0.2) is 48.5 Å². The summed E-state index contributed by atoms with van der Waals surface area (Å²) in [7, 11) is 0. The lowest BCUT2D eigenvalue weighted by molar-refractivity contribution is -0.131. The summed E-state index contributed by atoms with van der Waals surface area (Å²) >= 11 is 0. The number of aliphatic hydroxyl groups is 1. The van der Waals surface area contributed by atoms with Gasteiger partial charge in [0.1, 0.15) is 11.6 Å². The third-order valence-electron chi connectivity index (χ3n) is 6.40. The van der Waals surface area contributed by atoms with E-state index in [4.69, 9.17) is 4.98 Å². The number of rotatable bonds is 7. The molecule has 33 heavy (non-hydrogen) atoms. The fraction of sp³-hybridized carbons (Fsp3) is 0.407. The van der Waals surface area contributed by atoms with Crippen molar-refractivity contribution in [3.63, 3.8) is 0 Å². The number of aliphatic hydroxyl groups excluding tert-OH is 1. The first-order valence-corrected chi connectivity index (χ1v) is 11.8. The van der Waals surface area contributed by atoms with Crippen LogP contribution in [0.4, 0.5) is 10.2 Å². The molecular weight excluding hydrogens is 417 g/mol. The highest BCUT2D eigenvalue weighted by Gasteiger charge is 2.24. The number of para-hydroxylation sites is 1. The Hall–Kier alpha value is -2.99. The number of halogens is 1. The molecule has 1 fully saturated rings. The Kier molecular flexibility index (Phi) is 7.23. The number of carbonyl (C=O) groups is 1. The van der Waals surface area contributed by atoms with Crippen molar-refractivity contribution in [1.29, 1.82) is 0 Å². The average molecular weight is 450 g/mol. The number of aryl methyl sites for hydroxylation is 1. The Morgan fingerprint density at radius 3 is 2.76 bits per heavy atom. The molecule has 1 N–H and O–H groups in total. The van der Waals surface area contributed by atoms with Crippen LogP contribution in [0, 0.1) is 12.7 Å². The summed E-state index contributed by atoms with van der Waals surface area (Å²) in [6.07, 6.45) is 2.42. The van der Waals surface area contributed by atoms with Gasteiger partial charge in [0.25, 0.3) is 0 Å². The Morgan fingerprint density at radius 1 is 1.24 bits per heavy atom. The molecule has 1 aliphatic rings. The number of anilines is 1. The Labute approximate surface area is 194 Å². The van der Waals surface area contributed by atoms with E-state index in [0.29, 0.717) is 32.5 Å². The molecule has 1 aromatic heterocycles. The van der Waals surface area contributed by atoms with E-state index in [-0.39, 0.29) is 17.8 Å². The van der Waals surface area contributed by atoms with Crippen LogP contribution in [0.5, 0.6) is 0 Å². The molecule has 0 saturated carbocycles. The van der Waals surface area contributed by atoms with Gasteiger partial charge in [-0.3, -0.25) is 4.79 Å². The fourth-order valence-electron chi connectivity index (χ4n) is 4.55. The van der Waals surface area contributed by atoms with Gasteiger partial charge < -0.3 is 14.9 Å². The number of nitrogens with zero attached hydrogens (tertiary/aromatic N) is 3. The Balaban J connectivity index is 1.66. The highest BCUT2D eigenvalue weighted by atomic mass is 19.1. The summed E-state index contributed by atoms with van der Waals surface area (Å²) in [5.41, 5.74) is 4.05. The van der Waals surface area contributed by atoms with Crippen molar-refractivity contribution in [2.75, 3.05) is 24.5 Å². The van der Waals surface area contributed by atoms with Crippen LogP contribution >= 0.6 is 0 Å². The van der Waals surface area contributed by atoms with Gasteiger partial charge >= 0.3 is 0 Å². The smallest absolute Gasteiger partial charge is 0.222 e.